The van der Waals surface area contributed by atoms with Crippen molar-refractivity contribution in [2.24, 2.45) is 0 Å². The van der Waals surface area contributed by atoms with Crippen LogP contribution in [0.15, 0.2) is 28.7 Å². The zero-order chi connectivity index (χ0) is 23.7. The third-order valence-electron chi connectivity index (χ3n) is 4.75. The minimum absolute atomic E-state index is 0.372. The van der Waals surface area contributed by atoms with Gasteiger partial charge >= 0.3 is 5.97 Å². The lowest BCUT2D eigenvalue weighted by molar-refractivity contribution is -0.164. The Kier molecular flexibility index (Phi) is 7.61. The topological polar surface area (TPSA) is 81.7 Å². The van der Waals surface area contributed by atoms with E-state index >= 15 is 0 Å². The summed E-state index contributed by atoms with van der Waals surface area (Å²) in [5.41, 5.74) is 4.43. The van der Waals surface area contributed by atoms with Crippen LogP contribution in [0, 0.1) is 20.8 Å². The maximum atomic E-state index is 12.9. The van der Waals surface area contributed by atoms with Crippen LogP contribution >= 0.6 is 15.9 Å². The number of rotatable bonds is 6. The summed E-state index contributed by atoms with van der Waals surface area (Å²) in [6.07, 6.45) is 0.0406. The third-order valence-corrected chi connectivity index (χ3v) is 6.31. The molecule has 2 rings (SSSR count). The highest BCUT2D eigenvalue weighted by Gasteiger charge is 2.34. The molecule has 0 spiro atoms. The Labute approximate surface area is 193 Å². The van der Waals surface area contributed by atoms with E-state index in [2.05, 4.69) is 20.7 Å². The number of esters is 1. The molecule has 0 unspecified atom stereocenters. The van der Waals surface area contributed by atoms with Crippen LogP contribution in [0.5, 0.6) is 0 Å². The summed E-state index contributed by atoms with van der Waals surface area (Å²) in [5.74, 6) is -0.557. The largest absolute Gasteiger partial charge is 0.467 e. The standard InChI is InChI=1S/C23H30BrNO5S/c1-13-9-11-16(12-10-13)17-14(2)19(24)20(25-31(8,27)28)15(3)18(17)21(22(26)29-7)30-23(4,5)6/h9-12,21,25H,1-8H3/t21-/m0/s1. The first-order valence-electron chi connectivity index (χ1n) is 9.79. The number of ether oxygens (including phenoxy) is 2. The molecule has 2 aromatic rings. The number of carbonyl (C=O) groups excluding carboxylic acids is 1. The molecule has 0 fully saturated rings. The summed E-state index contributed by atoms with van der Waals surface area (Å²) in [5, 5.41) is 0. The number of anilines is 1. The Morgan fingerprint density at radius 3 is 2.06 bits per heavy atom. The Hall–Kier alpha value is -1.90. The fourth-order valence-corrected chi connectivity index (χ4v) is 4.75. The van der Waals surface area contributed by atoms with Crippen LogP contribution in [0.1, 0.15) is 49.1 Å². The number of nitrogens with one attached hydrogen (secondary N) is 1. The normalized spacial score (nSPS) is 13.1. The molecule has 0 heterocycles. The average molecular weight is 512 g/mol. The van der Waals surface area contributed by atoms with Crippen LogP contribution in [0.4, 0.5) is 5.69 Å². The highest BCUT2D eigenvalue weighted by molar-refractivity contribution is 9.10. The lowest BCUT2D eigenvalue weighted by atomic mass is 9.87. The van der Waals surface area contributed by atoms with Gasteiger partial charge in [-0.2, -0.15) is 0 Å². The molecule has 0 saturated carbocycles. The van der Waals surface area contributed by atoms with Crippen molar-refractivity contribution in [3.05, 3.63) is 51.0 Å². The van der Waals surface area contributed by atoms with Crippen LogP contribution in [-0.2, 0) is 24.3 Å². The molecule has 0 aromatic heterocycles. The molecule has 170 valence electrons. The number of sulfonamides is 1. The maximum Gasteiger partial charge on any atom is 0.339 e. The van der Waals surface area contributed by atoms with Gasteiger partial charge in [0, 0.05) is 10.0 Å². The average Bonchev–Trinajstić information content (AvgIpc) is 2.65. The van der Waals surface area contributed by atoms with Gasteiger partial charge in [-0.1, -0.05) is 29.8 Å². The molecule has 0 bridgehead atoms. The summed E-state index contributed by atoms with van der Waals surface area (Å²) in [7, 11) is -2.25. The molecule has 31 heavy (non-hydrogen) atoms. The molecule has 2 aromatic carbocycles. The SMILES string of the molecule is COC(=O)[C@@H](OC(C)(C)C)c1c(C)c(NS(C)(=O)=O)c(Br)c(C)c1-c1ccc(C)cc1. The second-order valence-corrected chi connectivity index (χ2v) is 11.1. The lowest BCUT2D eigenvalue weighted by Gasteiger charge is -2.31. The highest BCUT2D eigenvalue weighted by Crippen LogP contribution is 2.45. The Bertz CT molecular complexity index is 1090. The minimum atomic E-state index is -3.56. The van der Waals surface area contributed by atoms with E-state index in [1.54, 1.807) is 6.92 Å². The van der Waals surface area contributed by atoms with E-state index < -0.39 is 27.7 Å². The molecule has 0 radical (unpaired) electrons. The third kappa shape index (κ3) is 6.08. The van der Waals surface area contributed by atoms with E-state index in [1.807, 2.05) is 58.9 Å². The van der Waals surface area contributed by atoms with Gasteiger partial charge in [0.05, 0.1) is 24.7 Å². The van der Waals surface area contributed by atoms with Crippen molar-refractivity contribution in [3.63, 3.8) is 0 Å². The van der Waals surface area contributed by atoms with Crippen molar-refractivity contribution < 1.29 is 22.7 Å². The van der Waals surface area contributed by atoms with E-state index in [9.17, 15) is 13.2 Å². The van der Waals surface area contributed by atoms with E-state index in [-0.39, 0.29) is 0 Å². The first-order valence-corrected chi connectivity index (χ1v) is 12.5. The summed E-state index contributed by atoms with van der Waals surface area (Å²) in [6.45, 7) is 11.2. The zero-order valence-corrected chi connectivity index (χ0v) is 21.6. The summed E-state index contributed by atoms with van der Waals surface area (Å²) in [4.78, 5) is 12.9. The molecule has 0 aliphatic carbocycles. The Morgan fingerprint density at radius 2 is 1.61 bits per heavy atom. The van der Waals surface area contributed by atoms with Crippen molar-refractivity contribution in [2.75, 3.05) is 18.1 Å². The number of aryl methyl sites for hydroxylation is 1. The number of benzene rings is 2. The lowest BCUT2D eigenvalue weighted by Crippen LogP contribution is -2.29. The predicted octanol–water partition coefficient (Wildman–Crippen LogP) is 5.44. The molecule has 1 atom stereocenters. The first-order chi connectivity index (χ1) is 14.2. The van der Waals surface area contributed by atoms with Crippen molar-refractivity contribution in [3.8, 4) is 11.1 Å². The summed E-state index contributed by atoms with van der Waals surface area (Å²) < 4.78 is 38.5. The second-order valence-electron chi connectivity index (χ2n) is 8.60. The minimum Gasteiger partial charge on any atom is -0.467 e. The van der Waals surface area contributed by atoms with E-state index in [4.69, 9.17) is 9.47 Å². The number of hydrogen-bond donors (Lipinski definition) is 1. The second kappa shape index (κ2) is 9.30. The van der Waals surface area contributed by atoms with Crippen molar-refractivity contribution in [1.29, 1.82) is 0 Å². The zero-order valence-electron chi connectivity index (χ0n) is 19.2. The predicted molar refractivity (Wildman–Crippen MR) is 128 cm³/mol. The van der Waals surface area contributed by atoms with Crippen molar-refractivity contribution in [2.45, 2.75) is 53.2 Å². The van der Waals surface area contributed by atoms with Gasteiger partial charge in [-0.3, -0.25) is 4.72 Å². The van der Waals surface area contributed by atoms with Crippen LogP contribution in [-0.4, -0.2) is 33.4 Å². The molecular formula is C23H30BrNO5S. The quantitative estimate of drug-likeness (QED) is 0.522. The number of carbonyl (C=O) groups is 1. The van der Waals surface area contributed by atoms with E-state index in [0.29, 0.717) is 21.3 Å². The fraction of sp³-hybridized carbons (Fsp3) is 0.435. The molecule has 0 amide bonds. The van der Waals surface area contributed by atoms with Crippen LogP contribution in [0.25, 0.3) is 11.1 Å². The van der Waals surface area contributed by atoms with Crippen molar-refractivity contribution >= 4 is 37.6 Å². The number of hydrogen-bond acceptors (Lipinski definition) is 5. The van der Waals surface area contributed by atoms with Crippen molar-refractivity contribution in [1.82, 2.24) is 0 Å². The Morgan fingerprint density at radius 1 is 1.06 bits per heavy atom. The molecular weight excluding hydrogens is 482 g/mol. The highest BCUT2D eigenvalue weighted by atomic mass is 79.9. The van der Waals surface area contributed by atoms with Crippen LogP contribution in [0.3, 0.4) is 0 Å². The van der Waals surface area contributed by atoms with Gasteiger partial charge in [-0.15, -0.1) is 0 Å². The first kappa shape index (κ1) is 25.4. The summed E-state index contributed by atoms with van der Waals surface area (Å²) in [6, 6.07) is 7.93. The van der Waals surface area contributed by atoms with Gasteiger partial charge in [-0.05, 0) is 79.7 Å². The maximum absolute atomic E-state index is 12.9. The Balaban J connectivity index is 2.98. The van der Waals surface area contributed by atoms with E-state index in [1.165, 1.54) is 7.11 Å². The van der Waals surface area contributed by atoms with Gasteiger partial charge in [0.15, 0.2) is 6.10 Å². The fourth-order valence-electron chi connectivity index (χ4n) is 3.40. The number of methoxy groups -OCH3 is 1. The smallest absolute Gasteiger partial charge is 0.339 e. The van der Waals surface area contributed by atoms with Gasteiger partial charge in [0.2, 0.25) is 10.0 Å². The molecule has 0 aliphatic rings. The molecule has 6 nitrogen and oxygen atoms in total. The van der Waals surface area contributed by atoms with Crippen LogP contribution in [0.2, 0.25) is 0 Å². The molecule has 1 N–H and O–H groups in total. The van der Waals surface area contributed by atoms with Gasteiger partial charge in [-0.25, -0.2) is 13.2 Å². The van der Waals surface area contributed by atoms with E-state index in [0.717, 1.165) is 28.5 Å². The number of halogens is 1. The summed E-state index contributed by atoms with van der Waals surface area (Å²) >= 11 is 3.56. The molecule has 0 saturated heterocycles. The van der Waals surface area contributed by atoms with Gasteiger partial charge in [0.25, 0.3) is 0 Å². The molecule has 8 heteroatoms. The van der Waals surface area contributed by atoms with Gasteiger partial charge < -0.3 is 9.47 Å². The van der Waals surface area contributed by atoms with Crippen LogP contribution < -0.4 is 4.72 Å². The monoisotopic (exact) mass is 511 g/mol. The molecule has 0 aliphatic heterocycles. The van der Waals surface area contributed by atoms with Gasteiger partial charge in [0.1, 0.15) is 0 Å².